The Balaban J connectivity index is 1.72. The first kappa shape index (κ1) is 18.5. The van der Waals surface area contributed by atoms with Gasteiger partial charge < -0.3 is 20.5 Å². The number of imidazole rings is 1. The molecular weight excluding hydrogens is 322 g/mol. The van der Waals surface area contributed by atoms with Gasteiger partial charge in [0.05, 0.1) is 12.0 Å². The molecule has 2 aromatic rings. The fraction of sp³-hybridized carbons (Fsp3) is 0.389. The first-order valence-electron chi connectivity index (χ1n) is 8.33. The van der Waals surface area contributed by atoms with Gasteiger partial charge in [-0.1, -0.05) is 19.3 Å². The first-order chi connectivity index (χ1) is 12.0. The molecule has 25 heavy (non-hydrogen) atoms. The molecule has 0 saturated heterocycles. The highest BCUT2D eigenvalue weighted by Crippen LogP contribution is 2.27. The number of carbonyl (C=O) groups is 2. The second kappa shape index (κ2) is 8.86. The van der Waals surface area contributed by atoms with Gasteiger partial charge in [-0.25, -0.2) is 9.78 Å². The van der Waals surface area contributed by atoms with Crippen molar-refractivity contribution in [3.05, 3.63) is 42.0 Å². The van der Waals surface area contributed by atoms with Gasteiger partial charge in [0, 0.05) is 30.9 Å². The number of nitrogens with zero attached hydrogens (tertiary/aromatic N) is 2. The number of aryl methyl sites for hydroxylation is 1. The monoisotopic (exact) mass is 345 g/mol. The number of carboxylic acid groups (broad SMARTS) is 1. The number of aromatic carboxylic acids is 1. The van der Waals surface area contributed by atoms with E-state index in [1.54, 1.807) is 12.5 Å². The Bertz CT molecular complexity index is 726. The highest BCUT2D eigenvalue weighted by atomic mass is 16.4. The average Bonchev–Trinajstić information content (AvgIpc) is 3.09. The van der Waals surface area contributed by atoms with Crippen LogP contribution in [0, 0.1) is 0 Å². The SMILES string of the molecule is Nc1cc(C(=O)CCCCCCCn2ccnc2)cc(C(=O)O)c1O. The maximum absolute atomic E-state index is 12.2. The zero-order chi connectivity index (χ0) is 18.2. The predicted octanol–water partition coefficient (Wildman–Crippen LogP) is 3.09. The smallest absolute Gasteiger partial charge is 0.339 e. The number of nitrogen functional groups attached to an aromatic ring is 1. The predicted molar refractivity (Wildman–Crippen MR) is 93.7 cm³/mol. The Hall–Kier alpha value is -2.83. The number of ketones is 1. The number of phenols is 1. The average molecular weight is 345 g/mol. The summed E-state index contributed by atoms with van der Waals surface area (Å²) in [5, 5.41) is 18.6. The number of nitrogens with two attached hydrogens (primary N) is 1. The van der Waals surface area contributed by atoms with E-state index < -0.39 is 11.7 Å². The Morgan fingerprint density at radius 3 is 2.52 bits per heavy atom. The number of aromatic nitrogens is 2. The van der Waals surface area contributed by atoms with E-state index in [0.29, 0.717) is 6.42 Å². The van der Waals surface area contributed by atoms with Gasteiger partial charge in [-0.05, 0) is 25.0 Å². The van der Waals surface area contributed by atoms with Crippen molar-refractivity contribution in [3.63, 3.8) is 0 Å². The number of hydrogen-bond donors (Lipinski definition) is 3. The molecule has 0 amide bonds. The zero-order valence-electron chi connectivity index (χ0n) is 14.0. The summed E-state index contributed by atoms with van der Waals surface area (Å²) in [7, 11) is 0. The van der Waals surface area contributed by atoms with Crippen molar-refractivity contribution in [3.8, 4) is 5.75 Å². The van der Waals surface area contributed by atoms with Gasteiger partial charge in [0.1, 0.15) is 5.56 Å². The molecule has 1 aromatic carbocycles. The van der Waals surface area contributed by atoms with Crippen LogP contribution in [0.2, 0.25) is 0 Å². The summed E-state index contributed by atoms with van der Waals surface area (Å²) >= 11 is 0. The maximum atomic E-state index is 12.2. The largest absolute Gasteiger partial charge is 0.505 e. The van der Waals surface area contributed by atoms with Crippen LogP contribution in [0.1, 0.15) is 59.2 Å². The van der Waals surface area contributed by atoms with Crippen LogP contribution in [0.3, 0.4) is 0 Å². The summed E-state index contributed by atoms with van der Waals surface area (Å²) in [6.07, 6.45) is 10.7. The lowest BCUT2D eigenvalue weighted by Gasteiger charge is -2.07. The van der Waals surface area contributed by atoms with Crippen molar-refractivity contribution >= 4 is 17.4 Å². The lowest BCUT2D eigenvalue weighted by Crippen LogP contribution is -2.06. The second-order valence-corrected chi connectivity index (χ2v) is 6.01. The zero-order valence-corrected chi connectivity index (χ0v) is 14.0. The molecular formula is C18H23N3O4. The minimum Gasteiger partial charge on any atom is -0.505 e. The van der Waals surface area contributed by atoms with Crippen molar-refractivity contribution in [2.24, 2.45) is 0 Å². The highest BCUT2D eigenvalue weighted by molar-refractivity contribution is 6.01. The number of rotatable bonds is 10. The molecule has 0 spiro atoms. The van der Waals surface area contributed by atoms with Gasteiger partial charge >= 0.3 is 5.97 Å². The standard InChI is InChI=1S/C18H23N3O4/c19-15-11-13(10-14(17(15)23)18(24)25)16(22)6-4-2-1-3-5-8-21-9-7-20-12-21/h7,9-12,23H,1-6,8,19H2,(H,24,25). The molecule has 7 heteroatoms. The molecule has 2 rings (SSSR count). The van der Waals surface area contributed by atoms with Crippen molar-refractivity contribution in [1.82, 2.24) is 9.55 Å². The summed E-state index contributed by atoms with van der Waals surface area (Å²) in [4.78, 5) is 27.2. The van der Waals surface area contributed by atoms with Crippen LogP contribution >= 0.6 is 0 Å². The number of carbonyl (C=O) groups excluding carboxylic acids is 1. The van der Waals surface area contributed by atoms with Gasteiger partial charge in [-0.15, -0.1) is 0 Å². The normalized spacial score (nSPS) is 10.7. The summed E-state index contributed by atoms with van der Waals surface area (Å²) in [6.45, 7) is 0.948. The summed E-state index contributed by atoms with van der Waals surface area (Å²) < 4.78 is 2.04. The molecule has 7 nitrogen and oxygen atoms in total. The Labute approximate surface area is 146 Å². The molecule has 1 aromatic heterocycles. The number of anilines is 1. The van der Waals surface area contributed by atoms with Crippen LogP contribution in [0.4, 0.5) is 5.69 Å². The third-order valence-electron chi connectivity index (χ3n) is 4.07. The fourth-order valence-corrected chi connectivity index (χ4v) is 2.65. The Morgan fingerprint density at radius 2 is 1.84 bits per heavy atom. The van der Waals surface area contributed by atoms with E-state index >= 15 is 0 Å². The van der Waals surface area contributed by atoms with Gasteiger partial charge in [-0.2, -0.15) is 0 Å². The molecule has 0 bridgehead atoms. The lowest BCUT2D eigenvalue weighted by molar-refractivity contribution is 0.0694. The van der Waals surface area contributed by atoms with Crippen molar-refractivity contribution < 1.29 is 19.8 Å². The van der Waals surface area contributed by atoms with E-state index in [-0.39, 0.29) is 22.6 Å². The van der Waals surface area contributed by atoms with E-state index in [1.807, 2.05) is 10.8 Å². The van der Waals surface area contributed by atoms with Crippen LogP contribution < -0.4 is 5.73 Å². The van der Waals surface area contributed by atoms with Crippen LogP contribution in [0.5, 0.6) is 5.75 Å². The molecule has 0 radical (unpaired) electrons. The van der Waals surface area contributed by atoms with Gasteiger partial charge in [0.25, 0.3) is 0 Å². The van der Waals surface area contributed by atoms with Gasteiger partial charge in [-0.3, -0.25) is 4.79 Å². The summed E-state index contributed by atoms with van der Waals surface area (Å²) in [5.41, 5.74) is 5.37. The van der Waals surface area contributed by atoms with Crippen molar-refractivity contribution in [1.29, 1.82) is 0 Å². The molecule has 0 saturated carbocycles. The maximum Gasteiger partial charge on any atom is 0.339 e. The van der Waals surface area contributed by atoms with Gasteiger partial charge in [0.15, 0.2) is 11.5 Å². The summed E-state index contributed by atoms with van der Waals surface area (Å²) in [6, 6.07) is 2.51. The quantitative estimate of drug-likeness (QED) is 0.263. The van der Waals surface area contributed by atoms with E-state index in [0.717, 1.165) is 38.6 Å². The number of hydrogen-bond acceptors (Lipinski definition) is 5. The Kier molecular flexibility index (Phi) is 6.56. The number of benzene rings is 1. The molecule has 0 aliphatic heterocycles. The second-order valence-electron chi connectivity index (χ2n) is 6.01. The molecule has 0 unspecified atom stereocenters. The molecule has 134 valence electrons. The molecule has 0 aliphatic carbocycles. The summed E-state index contributed by atoms with van der Waals surface area (Å²) in [5.74, 6) is -1.97. The topological polar surface area (TPSA) is 118 Å². The van der Waals surface area contributed by atoms with Crippen LogP contribution in [0.25, 0.3) is 0 Å². The molecule has 0 atom stereocenters. The minimum absolute atomic E-state index is 0.0947. The highest BCUT2D eigenvalue weighted by Gasteiger charge is 2.17. The molecule has 0 fully saturated rings. The van der Waals surface area contributed by atoms with Gasteiger partial charge in [0.2, 0.25) is 0 Å². The van der Waals surface area contributed by atoms with Crippen LogP contribution in [-0.2, 0) is 6.54 Å². The molecule has 1 heterocycles. The Morgan fingerprint density at radius 1 is 1.12 bits per heavy atom. The van der Waals surface area contributed by atoms with Crippen LogP contribution in [-0.4, -0.2) is 31.5 Å². The molecule has 4 N–H and O–H groups in total. The van der Waals surface area contributed by atoms with E-state index in [9.17, 15) is 14.7 Å². The molecule has 0 aliphatic rings. The number of Topliss-reactive ketones (excluding diaryl/α,β-unsaturated/α-hetero) is 1. The van der Waals surface area contributed by atoms with Crippen molar-refractivity contribution in [2.45, 2.75) is 45.1 Å². The number of aromatic hydroxyl groups is 1. The number of unbranched alkanes of at least 4 members (excludes halogenated alkanes) is 4. The first-order valence-corrected chi connectivity index (χ1v) is 8.33. The lowest BCUT2D eigenvalue weighted by atomic mass is 10.0. The van der Waals surface area contributed by atoms with E-state index in [1.165, 1.54) is 12.1 Å². The van der Waals surface area contributed by atoms with E-state index in [2.05, 4.69) is 4.98 Å². The van der Waals surface area contributed by atoms with Crippen LogP contribution in [0.15, 0.2) is 30.9 Å². The number of carboxylic acids is 1. The van der Waals surface area contributed by atoms with E-state index in [4.69, 9.17) is 10.8 Å². The minimum atomic E-state index is -1.31. The third kappa shape index (κ3) is 5.34. The van der Waals surface area contributed by atoms with Crippen molar-refractivity contribution in [2.75, 3.05) is 5.73 Å². The third-order valence-corrected chi connectivity index (χ3v) is 4.07. The fourth-order valence-electron chi connectivity index (χ4n) is 2.65.